The number of benzene rings is 2. The van der Waals surface area contributed by atoms with Crippen LogP contribution in [0.2, 0.25) is 0 Å². The Morgan fingerprint density at radius 1 is 0.500 bits per heavy atom. The van der Waals surface area contributed by atoms with E-state index in [1.165, 1.54) is 33.0 Å². The molecule has 18 heavy (non-hydrogen) atoms. The third-order valence-electron chi connectivity index (χ3n) is 3.28. The summed E-state index contributed by atoms with van der Waals surface area (Å²) in [5, 5.41) is 2.79. The van der Waals surface area contributed by atoms with Crippen LogP contribution in [0, 0.1) is 27.7 Å². The van der Waals surface area contributed by atoms with Gasteiger partial charge in [-0.05, 0) is 60.7 Å². The van der Waals surface area contributed by atoms with Crippen molar-refractivity contribution in [3.8, 4) is 0 Å². The predicted octanol–water partition coefficient (Wildman–Crippen LogP) is 6.13. The van der Waals surface area contributed by atoms with E-state index in [4.69, 9.17) is 0 Å². The largest absolute Gasteiger partial charge is 0.0683 e. The molecule has 0 nitrogen and oxygen atoms in total. The van der Waals surface area contributed by atoms with Crippen molar-refractivity contribution < 1.29 is 0 Å². The van der Waals surface area contributed by atoms with Crippen LogP contribution in [-0.4, -0.2) is 0 Å². The second-order valence-electron chi connectivity index (χ2n) is 4.11. The predicted molar refractivity (Wildman–Crippen MR) is 85.6 cm³/mol. The minimum atomic E-state index is 1.38. The van der Waals surface area contributed by atoms with Gasteiger partial charge in [0, 0.05) is 0 Å². The molecule has 0 bridgehead atoms. The fraction of sp³-hybridized carbons (Fsp3) is 0.444. The van der Waals surface area contributed by atoms with Gasteiger partial charge in [0.2, 0.25) is 0 Å². The van der Waals surface area contributed by atoms with E-state index in [0.29, 0.717) is 0 Å². The monoisotopic (exact) mass is 244 g/mol. The van der Waals surface area contributed by atoms with E-state index < -0.39 is 0 Å². The molecule has 0 aromatic heterocycles. The summed E-state index contributed by atoms with van der Waals surface area (Å²) in [5.74, 6) is 0. The summed E-state index contributed by atoms with van der Waals surface area (Å²) < 4.78 is 0. The Morgan fingerprint density at radius 3 is 1.06 bits per heavy atom. The second-order valence-corrected chi connectivity index (χ2v) is 4.11. The van der Waals surface area contributed by atoms with Crippen LogP contribution in [0.4, 0.5) is 0 Å². The Balaban J connectivity index is 0.000000659. The van der Waals surface area contributed by atoms with E-state index in [2.05, 4.69) is 52.0 Å². The summed E-state index contributed by atoms with van der Waals surface area (Å²) in [6.07, 6.45) is 0. The smallest absolute Gasteiger partial charge is 0.0149 e. The van der Waals surface area contributed by atoms with Crippen molar-refractivity contribution >= 4 is 10.8 Å². The van der Waals surface area contributed by atoms with Gasteiger partial charge in [-0.15, -0.1) is 0 Å². The molecule has 2 aromatic carbocycles. The molecule has 0 aliphatic heterocycles. The highest BCUT2D eigenvalue weighted by molar-refractivity contribution is 5.90. The van der Waals surface area contributed by atoms with Crippen LogP contribution < -0.4 is 0 Å². The molecule has 0 N–H and O–H groups in total. The minimum absolute atomic E-state index is 1.38. The van der Waals surface area contributed by atoms with Crippen molar-refractivity contribution in [1.82, 2.24) is 0 Å². The highest BCUT2D eigenvalue weighted by Gasteiger charge is 2.03. The molecule has 0 saturated carbocycles. The maximum absolute atomic E-state index is 2.24. The van der Waals surface area contributed by atoms with Crippen LogP contribution in [0.3, 0.4) is 0 Å². The summed E-state index contributed by atoms with van der Waals surface area (Å²) in [5.41, 5.74) is 5.57. The van der Waals surface area contributed by atoms with Gasteiger partial charge in [-0.25, -0.2) is 0 Å². The van der Waals surface area contributed by atoms with Crippen LogP contribution in [-0.2, 0) is 0 Å². The van der Waals surface area contributed by atoms with Gasteiger partial charge in [0.1, 0.15) is 0 Å². The quantitative estimate of drug-likeness (QED) is 0.523. The lowest BCUT2D eigenvalue weighted by molar-refractivity contribution is 1.34. The average Bonchev–Trinajstić information content (AvgIpc) is 2.43. The maximum atomic E-state index is 2.24. The summed E-state index contributed by atoms with van der Waals surface area (Å²) >= 11 is 0. The lowest BCUT2D eigenvalue weighted by Gasteiger charge is -2.09. The van der Waals surface area contributed by atoms with E-state index in [9.17, 15) is 0 Å². The third kappa shape index (κ3) is 3.35. The van der Waals surface area contributed by atoms with Crippen molar-refractivity contribution in [1.29, 1.82) is 0 Å². The number of hydrogen-bond donors (Lipinski definition) is 0. The Bertz CT molecular complexity index is 446. The maximum Gasteiger partial charge on any atom is -0.0149 e. The Labute approximate surface area is 113 Å². The van der Waals surface area contributed by atoms with E-state index >= 15 is 0 Å². The number of hydrogen-bond acceptors (Lipinski definition) is 0. The van der Waals surface area contributed by atoms with E-state index in [1.54, 1.807) is 0 Å². The molecule has 0 heteroatoms. The minimum Gasteiger partial charge on any atom is -0.0683 e. The van der Waals surface area contributed by atoms with Crippen LogP contribution in [0.1, 0.15) is 49.9 Å². The topological polar surface area (TPSA) is 0 Å². The van der Waals surface area contributed by atoms with Crippen LogP contribution in [0.25, 0.3) is 10.8 Å². The molecule has 0 amide bonds. The first-order valence-corrected chi connectivity index (χ1v) is 7.07. The van der Waals surface area contributed by atoms with Crippen LogP contribution in [0.15, 0.2) is 24.3 Å². The van der Waals surface area contributed by atoms with Crippen molar-refractivity contribution in [2.75, 3.05) is 0 Å². The van der Waals surface area contributed by atoms with Gasteiger partial charge < -0.3 is 0 Å². The molecule has 0 atom stereocenters. The van der Waals surface area contributed by atoms with Gasteiger partial charge in [0.15, 0.2) is 0 Å². The van der Waals surface area contributed by atoms with Crippen LogP contribution in [0.5, 0.6) is 0 Å². The molecular formula is C18H28. The molecule has 2 aromatic rings. The Morgan fingerprint density at radius 2 is 0.778 bits per heavy atom. The fourth-order valence-corrected chi connectivity index (χ4v) is 1.93. The summed E-state index contributed by atoms with van der Waals surface area (Å²) in [7, 11) is 0. The highest BCUT2D eigenvalue weighted by Crippen LogP contribution is 2.25. The number of fused-ring (bicyclic) bond motifs is 1. The van der Waals surface area contributed by atoms with Gasteiger partial charge in [-0.1, -0.05) is 52.0 Å². The molecule has 0 spiro atoms. The summed E-state index contributed by atoms with van der Waals surface area (Å²) in [6, 6.07) is 8.90. The van der Waals surface area contributed by atoms with Crippen LogP contribution >= 0.6 is 0 Å². The van der Waals surface area contributed by atoms with Crippen molar-refractivity contribution in [3.05, 3.63) is 46.5 Å². The molecule has 100 valence electrons. The van der Waals surface area contributed by atoms with Crippen molar-refractivity contribution in [2.45, 2.75) is 55.4 Å². The first-order valence-electron chi connectivity index (χ1n) is 7.07. The Hall–Kier alpha value is -1.30. The summed E-state index contributed by atoms with van der Waals surface area (Å²) in [6.45, 7) is 16.7. The SMILES string of the molecule is CC.CC.Cc1ccc2c(C)c(C)ccc2c1C. The standard InChI is InChI=1S/C14H16.2C2H6/c1-9-5-7-14-12(4)10(2)6-8-13(14)11(9)3;2*1-2/h5-8H,1-4H3;2*1-2H3. The molecule has 0 fully saturated rings. The van der Waals surface area contributed by atoms with E-state index in [0.717, 1.165) is 0 Å². The van der Waals surface area contributed by atoms with E-state index in [-0.39, 0.29) is 0 Å². The first-order chi connectivity index (χ1) is 8.61. The normalized spacial score (nSPS) is 9.11. The molecule has 0 unspecified atom stereocenters. The van der Waals surface area contributed by atoms with E-state index in [1.807, 2.05) is 27.7 Å². The first kappa shape index (κ1) is 16.7. The molecule has 0 aliphatic carbocycles. The van der Waals surface area contributed by atoms with Crippen molar-refractivity contribution in [3.63, 3.8) is 0 Å². The summed E-state index contributed by atoms with van der Waals surface area (Å²) in [4.78, 5) is 0. The third-order valence-corrected chi connectivity index (χ3v) is 3.28. The van der Waals surface area contributed by atoms with Gasteiger partial charge in [-0.2, -0.15) is 0 Å². The van der Waals surface area contributed by atoms with Gasteiger partial charge in [0.05, 0.1) is 0 Å². The molecule has 0 radical (unpaired) electrons. The Kier molecular flexibility index (Phi) is 7.35. The lowest BCUT2D eigenvalue weighted by Crippen LogP contribution is -1.88. The lowest BCUT2D eigenvalue weighted by atomic mass is 9.95. The zero-order valence-corrected chi connectivity index (χ0v) is 13.3. The van der Waals surface area contributed by atoms with Gasteiger partial charge in [-0.3, -0.25) is 0 Å². The number of aryl methyl sites for hydroxylation is 4. The highest BCUT2D eigenvalue weighted by atomic mass is 14.1. The molecule has 0 aliphatic rings. The molecule has 0 saturated heterocycles. The van der Waals surface area contributed by atoms with Gasteiger partial charge >= 0.3 is 0 Å². The average molecular weight is 244 g/mol. The second kappa shape index (κ2) is 7.92. The molecule has 0 heterocycles. The molecular weight excluding hydrogens is 216 g/mol. The molecule has 2 rings (SSSR count). The zero-order chi connectivity index (χ0) is 14.3. The number of rotatable bonds is 0. The van der Waals surface area contributed by atoms with Gasteiger partial charge in [0.25, 0.3) is 0 Å². The fourth-order valence-electron chi connectivity index (χ4n) is 1.93. The van der Waals surface area contributed by atoms with Crippen molar-refractivity contribution in [2.24, 2.45) is 0 Å². The zero-order valence-electron chi connectivity index (χ0n) is 13.3.